The van der Waals surface area contributed by atoms with E-state index in [-0.39, 0.29) is 18.0 Å². The molecule has 0 amide bonds. The zero-order valence-corrected chi connectivity index (χ0v) is 21.4. The third kappa shape index (κ3) is 6.73. The summed E-state index contributed by atoms with van der Waals surface area (Å²) in [6.45, 7) is 8.53. The van der Waals surface area contributed by atoms with Crippen LogP contribution in [0, 0.1) is 0 Å². The largest absolute Gasteiger partial charge is 0.424 e. The van der Waals surface area contributed by atoms with Crippen LogP contribution in [0.25, 0.3) is 0 Å². The Hall–Kier alpha value is -3.58. The Labute approximate surface area is 210 Å². The highest BCUT2D eigenvalue weighted by atomic mass is 32.2. The van der Waals surface area contributed by atoms with Crippen LogP contribution in [0.3, 0.4) is 0 Å². The van der Waals surface area contributed by atoms with Crippen LogP contribution in [0.2, 0.25) is 0 Å². The Morgan fingerprint density at radius 3 is 1.37 bits per heavy atom. The fourth-order valence-electron chi connectivity index (χ4n) is 3.31. The molecule has 3 aromatic carbocycles. The van der Waals surface area contributed by atoms with E-state index in [0.29, 0.717) is 29.1 Å². The van der Waals surface area contributed by atoms with Gasteiger partial charge in [0.2, 0.25) is 0 Å². The molecule has 35 heavy (non-hydrogen) atoms. The minimum absolute atomic E-state index is 0.0864. The minimum Gasteiger partial charge on any atom is -0.424 e. The molecule has 0 unspecified atom stereocenters. The molecule has 0 aliphatic carbocycles. The number of ether oxygens (including phenoxy) is 3. The number of nitrogens with zero attached hydrogens (tertiary/aromatic N) is 3. The fraction of sp³-hybridized carbons (Fsp3) is 0.250. The van der Waals surface area contributed by atoms with Crippen molar-refractivity contribution in [1.29, 1.82) is 0 Å². The van der Waals surface area contributed by atoms with Gasteiger partial charge in [0.15, 0.2) is 0 Å². The Balaban J connectivity index is 1.67. The lowest BCUT2D eigenvalue weighted by Gasteiger charge is -2.12. The van der Waals surface area contributed by atoms with E-state index >= 15 is 0 Å². The van der Waals surface area contributed by atoms with Crippen molar-refractivity contribution in [3.05, 3.63) is 83.9 Å². The Morgan fingerprint density at radius 2 is 0.971 bits per heavy atom. The number of benzene rings is 3. The molecular weight excluding hydrogens is 458 g/mol. The van der Waals surface area contributed by atoms with Gasteiger partial charge < -0.3 is 14.2 Å². The average Bonchev–Trinajstić information content (AvgIpc) is 2.84. The number of aromatic nitrogens is 3. The zero-order valence-electron chi connectivity index (χ0n) is 20.6. The van der Waals surface area contributed by atoms with E-state index in [1.165, 1.54) is 0 Å². The third-order valence-corrected chi connectivity index (χ3v) is 6.02. The first-order chi connectivity index (χ1) is 16.9. The van der Waals surface area contributed by atoms with E-state index in [4.69, 9.17) is 14.2 Å². The molecule has 0 fully saturated rings. The van der Waals surface area contributed by atoms with Crippen LogP contribution in [-0.4, -0.2) is 21.2 Å². The van der Waals surface area contributed by atoms with Crippen LogP contribution < -0.4 is 14.2 Å². The standard InChI is InChI=1S/C28H29N3O3S/c1-18(2)20-9-6-11-22(15-20)32-26-29-27(33-23-12-7-10-21(16-23)19(3)4)31-28(30-26)34-24-13-8-14-25(17-24)35-5/h6-19H,1-5H3. The molecule has 0 aliphatic heterocycles. The van der Waals surface area contributed by atoms with Gasteiger partial charge in [-0.3, -0.25) is 0 Å². The van der Waals surface area contributed by atoms with Gasteiger partial charge in [-0.1, -0.05) is 58.0 Å². The first-order valence-electron chi connectivity index (χ1n) is 11.5. The summed E-state index contributed by atoms with van der Waals surface area (Å²) in [4.78, 5) is 14.2. The number of thioether (sulfide) groups is 1. The Bertz CT molecular complexity index is 1220. The maximum Gasteiger partial charge on any atom is 0.331 e. The molecule has 4 rings (SSSR count). The summed E-state index contributed by atoms with van der Waals surface area (Å²) in [6.07, 6.45) is 2.01. The Morgan fingerprint density at radius 1 is 0.571 bits per heavy atom. The highest BCUT2D eigenvalue weighted by Gasteiger charge is 2.14. The van der Waals surface area contributed by atoms with E-state index in [0.717, 1.165) is 16.0 Å². The molecule has 1 aromatic heterocycles. The van der Waals surface area contributed by atoms with Crippen molar-refractivity contribution >= 4 is 11.8 Å². The number of hydrogen-bond donors (Lipinski definition) is 0. The second-order valence-corrected chi connectivity index (χ2v) is 9.50. The van der Waals surface area contributed by atoms with Crippen molar-refractivity contribution in [2.75, 3.05) is 6.26 Å². The maximum absolute atomic E-state index is 6.01. The minimum atomic E-state index is 0.0864. The van der Waals surface area contributed by atoms with Crippen molar-refractivity contribution in [1.82, 2.24) is 15.0 Å². The van der Waals surface area contributed by atoms with Gasteiger partial charge in [0.25, 0.3) is 0 Å². The van der Waals surface area contributed by atoms with Gasteiger partial charge in [-0.05, 0) is 71.7 Å². The summed E-state index contributed by atoms with van der Waals surface area (Å²) < 4.78 is 18.0. The molecule has 0 saturated heterocycles. The lowest BCUT2D eigenvalue weighted by molar-refractivity contribution is 0.361. The first kappa shape index (κ1) is 24.5. The third-order valence-electron chi connectivity index (χ3n) is 5.29. The lowest BCUT2D eigenvalue weighted by Crippen LogP contribution is -2.02. The van der Waals surface area contributed by atoms with Crippen LogP contribution in [0.15, 0.2) is 77.7 Å². The van der Waals surface area contributed by atoms with Crippen molar-refractivity contribution in [2.45, 2.75) is 44.4 Å². The molecule has 7 heteroatoms. The second kappa shape index (κ2) is 11.2. The van der Waals surface area contributed by atoms with Crippen LogP contribution >= 0.6 is 11.8 Å². The van der Waals surface area contributed by atoms with Crippen LogP contribution in [0.4, 0.5) is 0 Å². The number of rotatable bonds is 9. The van der Waals surface area contributed by atoms with Crippen molar-refractivity contribution < 1.29 is 14.2 Å². The number of hydrogen-bond acceptors (Lipinski definition) is 7. The first-order valence-corrected chi connectivity index (χ1v) is 12.8. The highest BCUT2D eigenvalue weighted by Crippen LogP contribution is 2.30. The summed E-state index contributed by atoms with van der Waals surface area (Å²) in [7, 11) is 0. The molecule has 0 radical (unpaired) electrons. The van der Waals surface area contributed by atoms with Gasteiger partial charge in [0.1, 0.15) is 17.2 Å². The molecular formula is C28H29N3O3S. The summed E-state index contributed by atoms with van der Waals surface area (Å²) in [5.74, 6) is 2.61. The van der Waals surface area contributed by atoms with E-state index in [1.54, 1.807) is 11.8 Å². The quantitative estimate of drug-likeness (QED) is 0.220. The Kier molecular flexibility index (Phi) is 7.87. The molecule has 0 N–H and O–H groups in total. The van der Waals surface area contributed by atoms with E-state index < -0.39 is 0 Å². The zero-order chi connectivity index (χ0) is 24.8. The monoisotopic (exact) mass is 487 g/mol. The maximum atomic E-state index is 6.01. The SMILES string of the molecule is CSc1cccc(Oc2nc(Oc3cccc(C(C)C)c3)nc(Oc3cccc(C(C)C)c3)n2)c1. The van der Waals surface area contributed by atoms with E-state index in [2.05, 4.69) is 54.8 Å². The summed E-state index contributed by atoms with van der Waals surface area (Å²) >= 11 is 1.63. The smallest absolute Gasteiger partial charge is 0.331 e. The van der Waals surface area contributed by atoms with Crippen molar-refractivity contribution in [3.63, 3.8) is 0 Å². The molecule has 0 saturated carbocycles. The van der Waals surface area contributed by atoms with Crippen LogP contribution in [-0.2, 0) is 0 Å². The molecule has 0 atom stereocenters. The van der Waals surface area contributed by atoms with Gasteiger partial charge >= 0.3 is 18.0 Å². The van der Waals surface area contributed by atoms with Crippen LogP contribution in [0.1, 0.15) is 50.7 Å². The van der Waals surface area contributed by atoms with E-state index in [1.807, 2.05) is 66.9 Å². The molecule has 1 heterocycles. The fourth-order valence-corrected chi connectivity index (χ4v) is 3.76. The molecule has 0 aliphatic rings. The molecule has 0 bridgehead atoms. The second-order valence-electron chi connectivity index (χ2n) is 8.62. The highest BCUT2D eigenvalue weighted by molar-refractivity contribution is 7.98. The van der Waals surface area contributed by atoms with E-state index in [9.17, 15) is 0 Å². The summed E-state index contributed by atoms with van der Waals surface area (Å²) in [6, 6.07) is 23.7. The predicted octanol–water partition coefficient (Wildman–Crippen LogP) is 8.22. The van der Waals surface area contributed by atoms with Gasteiger partial charge in [0.05, 0.1) is 0 Å². The van der Waals surface area contributed by atoms with Gasteiger partial charge in [-0.25, -0.2) is 0 Å². The molecule has 180 valence electrons. The van der Waals surface area contributed by atoms with Gasteiger partial charge in [0, 0.05) is 4.90 Å². The normalized spacial score (nSPS) is 11.1. The van der Waals surface area contributed by atoms with Gasteiger partial charge in [-0.2, -0.15) is 0 Å². The van der Waals surface area contributed by atoms with Gasteiger partial charge in [-0.15, -0.1) is 26.7 Å². The van der Waals surface area contributed by atoms with Crippen molar-refractivity contribution in [2.24, 2.45) is 0 Å². The predicted molar refractivity (Wildman–Crippen MR) is 139 cm³/mol. The molecule has 4 aromatic rings. The molecule has 6 nitrogen and oxygen atoms in total. The molecule has 0 spiro atoms. The summed E-state index contributed by atoms with van der Waals surface area (Å²) in [5.41, 5.74) is 2.31. The lowest BCUT2D eigenvalue weighted by atomic mass is 10.0. The van der Waals surface area contributed by atoms with Crippen LogP contribution in [0.5, 0.6) is 35.3 Å². The summed E-state index contributed by atoms with van der Waals surface area (Å²) in [5, 5.41) is 0. The van der Waals surface area contributed by atoms with Crippen molar-refractivity contribution in [3.8, 4) is 35.3 Å². The topological polar surface area (TPSA) is 66.4 Å². The average molecular weight is 488 g/mol.